The van der Waals surface area contributed by atoms with Gasteiger partial charge in [0, 0.05) is 0 Å². The number of hydrogen-bond donors (Lipinski definition) is 1. The van der Waals surface area contributed by atoms with Crippen LogP contribution >= 0.6 is 0 Å². The largest absolute Gasteiger partial charge is 0.382 e. The van der Waals surface area contributed by atoms with Crippen molar-refractivity contribution in [1.29, 1.82) is 10.5 Å². The molecule has 0 unspecified atom stereocenters. The lowest BCUT2D eigenvalue weighted by molar-refractivity contribution is 0.520. The summed E-state index contributed by atoms with van der Waals surface area (Å²) in [6.45, 7) is 3.92. The van der Waals surface area contributed by atoms with Crippen molar-refractivity contribution in [3.63, 3.8) is 0 Å². The number of amidine groups is 1. The Morgan fingerprint density at radius 1 is 1.29 bits per heavy atom. The zero-order valence-electron chi connectivity index (χ0n) is 8.10. The predicted molar refractivity (Wildman–Crippen MR) is 52.4 cm³/mol. The molecule has 0 aliphatic carbocycles. The van der Waals surface area contributed by atoms with E-state index in [0.29, 0.717) is 5.71 Å². The van der Waals surface area contributed by atoms with E-state index in [1.54, 1.807) is 0 Å². The summed E-state index contributed by atoms with van der Waals surface area (Å²) >= 11 is 0. The summed E-state index contributed by atoms with van der Waals surface area (Å²) in [5.74, 6) is -0.455. The molecule has 5 nitrogen and oxygen atoms in total. The number of aliphatic imine (C=N–C) groups is 2. The molecule has 0 radical (unpaired) electrons. The highest BCUT2D eigenvalue weighted by Gasteiger charge is 2.27. The standard InChI is InChI=1S/C9H11N5/c1-5(2)9-13-7(8(12)14-9)6(3-10)4-11/h5-6,9H,1-2H3,(H2,12,14)/t9-/m1/s1. The van der Waals surface area contributed by atoms with Gasteiger partial charge in [-0.25, -0.2) is 4.99 Å². The van der Waals surface area contributed by atoms with Crippen molar-refractivity contribution in [3.8, 4) is 12.1 Å². The Kier molecular flexibility index (Phi) is 2.83. The van der Waals surface area contributed by atoms with Crippen LogP contribution in [0.25, 0.3) is 0 Å². The summed E-state index contributed by atoms with van der Waals surface area (Å²) in [7, 11) is 0. The van der Waals surface area contributed by atoms with Crippen LogP contribution in [0.4, 0.5) is 0 Å². The molecule has 0 spiro atoms. The molecule has 0 fully saturated rings. The Hall–Kier alpha value is -1.88. The first-order valence-corrected chi connectivity index (χ1v) is 4.30. The SMILES string of the molecule is CC(C)[C@H]1N=C(N)C(C(C#N)C#N)=N1. The Morgan fingerprint density at radius 2 is 1.86 bits per heavy atom. The molecule has 0 aromatic heterocycles. The van der Waals surface area contributed by atoms with Crippen molar-refractivity contribution in [2.24, 2.45) is 27.6 Å². The number of nitrogens with two attached hydrogens (primary N) is 1. The molecular formula is C9H11N5. The Balaban J connectivity index is 2.95. The second kappa shape index (κ2) is 3.89. The Morgan fingerprint density at radius 3 is 2.21 bits per heavy atom. The summed E-state index contributed by atoms with van der Waals surface area (Å²) in [5, 5.41) is 17.3. The molecule has 72 valence electrons. The molecule has 1 aliphatic heterocycles. The van der Waals surface area contributed by atoms with E-state index in [1.807, 2.05) is 26.0 Å². The molecular weight excluding hydrogens is 178 g/mol. The van der Waals surface area contributed by atoms with Crippen LogP contribution in [0.15, 0.2) is 9.98 Å². The minimum Gasteiger partial charge on any atom is -0.382 e. The maximum atomic E-state index is 8.67. The van der Waals surface area contributed by atoms with Gasteiger partial charge in [-0.1, -0.05) is 13.8 Å². The lowest BCUT2D eigenvalue weighted by atomic mass is 10.1. The van der Waals surface area contributed by atoms with Crippen LogP contribution < -0.4 is 5.73 Å². The van der Waals surface area contributed by atoms with Crippen molar-refractivity contribution in [2.45, 2.75) is 20.0 Å². The zero-order chi connectivity index (χ0) is 10.7. The van der Waals surface area contributed by atoms with Crippen molar-refractivity contribution in [1.82, 2.24) is 0 Å². The van der Waals surface area contributed by atoms with Gasteiger partial charge >= 0.3 is 0 Å². The van der Waals surface area contributed by atoms with Crippen molar-refractivity contribution in [3.05, 3.63) is 0 Å². The van der Waals surface area contributed by atoms with Gasteiger partial charge in [0.05, 0.1) is 12.1 Å². The van der Waals surface area contributed by atoms with Gasteiger partial charge in [-0.15, -0.1) is 0 Å². The highest BCUT2D eigenvalue weighted by Crippen LogP contribution is 2.16. The lowest BCUT2D eigenvalue weighted by Gasteiger charge is -2.06. The highest BCUT2D eigenvalue weighted by atomic mass is 15.1. The molecule has 0 bridgehead atoms. The Labute approximate surface area is 82.6 Å². The fraction of sp³-hybridized carbons (Fsp3) is 0.556. The smallest absolute Gasteiger partial charge is 0.178 e. The third-order valence-corrected chi connectivity index (χ3v) is 1.93. The third-order valence-electron chi connectivity index (χ3n) is 1.93. The maximum Gasteiger partial charge on any atom is 0.178 e. The number of nitrogens with zero attached hydrogens (tertiary/aromatic N) is 4. The molecule has 5 heteroatoms. The minimum absolute atomic E-state index is 0.219. The predicted octanol–water partition coefficient (Wildman–Crippen LogP) is 0.444. The number of nitriles is 2. The highest BCUT2D eigenvalue weighted by molar-refractivity contribution is 6.43. The number of hydrogen-bond acceptors (Lipinski definition) is 5. The molecule has 0 aromatic carbocycles. The van der Waals surface area contributed by atoms with Crippen LogP contribution in [0.5, 0.6) is 0 Å². The van der Waals surface area contributed by atoms with Gasteiger partial charge in [-0.2, -0.15) is 10.5 Å². The van der Waals surface area contributed by atoms with Gasteiger partial charge in [0.2, 0.25) is 0 Å². The summed E-state index contributed by atoms with van der Waals surface area (Å²) in [5.41, 5.74) is 5.89. The van der Waals surface area contributed by atoms with Crippen molar-refractivity contribution < 1.29 is 0 Å². The average Bonchev–Trinajstić information content (AvgIpc) is 2.51. The molecule has 1 aliphatic rings. The van der Waals surface area contributed by atoms with Crippen molar-refractivity contribution in [2.75, 3.05) is 0 Å². The van der Waals surface area contributed by atoms with Gasteiger partial charge in [0.15, 0.2) is 5.92 Å². The molecule has 0 saturated heterocycles. The normalized spacial score (nSPS) is 20.3. The Bertz CT molecular complexity index is 352. The van der Waals surface area contributed by atoms with E-state index in [9.17, 15) is 0 Å². The van der Waals surface area contributed by atoms with Crippen LogP contribution in [-0.4, -0.2) is 17.7 Å². The van der Waals surface area contributed by atoms with Gasteiger partial charge in [-0.3, -0.25) is 4.99 Å². The first kappa shape index (κ1) is 10.2. The van der Waals surface area contributed by atoms with Crippen LogP contribution in [0.3, 0.4) is 0 Å². The average molecular weight is 189 g/mol. The van der Waals surface area contributed by atoms with Gasteiger partial charge < -0.3 is 5.73 Å². The third kappa shape index (κ3) is 1.72. The molecule has 0 aromatic rings. The molecule has 0 amide bonds. The van der Waals surface area contributed by atoms with Gasteiger partial charge in [0.25, 0.3) is 0 Å². The van der Waals surface area contributed by atoms with Crippen LogP contribution in [0.2, 0.25) is 0 Å². The molecule has 2 N–H and O–H groups in total. The lowest BCUT2D eigenvalue weighted by Crippen LogP contribution is -2.26. The first-order chi connectivity index (χ1) is 6.60. The van der Waals surface area contributed by atoms with E-state index in [2.05, 4.69) is 9.98 Å². The second-order valence-corrected chi connectivity index (χ2v) is 3.38. The molecule has 1 atom stereocenters. The summed E-state index contributed by atoms with van der Waals surface area (Å²) < 4.78 is 0. The summed E-state index contributed by atoms with van der Waals surface area (Å²) in [4.78, 5) is 8.23. The topological polar surface area (TPSA) is 98.3 Å². The van der Waals surface area contributed by atoms with E-state index in [-0.39, 0.29) is 17.9 Å². The molecule has 1 rings (SSSR count). The van der Waals surface area contributed by atoms with E-state index in [1.165, 1.54) is 0 Å². The maximum absolute atomic E-state index is 8.67. The van der Waals surface area contributed by atoms with E-state index in [0.717, 1.165) is 0 Å². The monoisotopic (exact) mass is 189 g/mol. The first-order valence-electron chi connectivity index (χ1n) is 4.30. The molecule has 14 heavy (non-hydrogen) atoms. The van der Waals surface area contributed by atoms with E-state index >= 15 is 0 Å². The minimum atomic E-state index is -0.900. The molecule has 0 saturated carbocycles. The molecule has 1 heterocycles. The van der Waals surface area contributed by atoms with Crippen molar-refractivity contribution >= 4 is 11.5 Å². The fourth-order valence-electron chi connectivity index (χ4n) is 1.12. The zero-order valence-corrected chi connectivity index (χ0v) is 8.10. The van der Waals surface area contributed by atoms with Crippen LogP contribution in [-0.2, 0) is 0 Å². The number of rotatable bonds is 2. The summed E-state index contributed by atoms with van der Waals surface area (Å²) in [6.07, 6.45) is -0.241. The van der Waals surface area contributed by atoms with E-state index < -0.39 is 5.92 Å². The fourth-order valence-corrected chi connectivity index (χ4v) is 1.12. The van der Waals surface area contributed by atoms with Crippen LogP contribution in [0.1, 0.15) is 13.8 Å². The summed E-state index contributed by atoms with van der Waals surface area (Å²) in [6, 6.07) is 3.66. The van der Waals surface area contributed by atoms with E-state index in [4.69, 9.17) is 16.3 Å². The van der Waals surface area contributed by atoms with Crippen LogP contribution in [0, 0.1) is 34.5 Å². The quantitative estimate of drug-likeness (QED) is 0.682. The van der Waals surface area contributed by atoms with Gasteiger partial charge in [0.1, 0.15) is 17.7 Å². The van der Waals surface area contributed by atoms with Gasteiger partial charge in [-0.05, 0) is 5.92 Å². The second-order valence-electron chi connectivity index (χ2n) is 3.38.